The fourth-order valence-corrected chi connectivity index (χ4v) is 3.71. The van der Waals surface area contributed by atoms with Gasteiger partial charge in [-0.15, -0.1) is 11.3 Å². The van der Waals surface area contributed by atoms with Gasteiger partial charge >= 0.3 is 0 Å². The molecule has 0 spiro atoms. The molecule has 1 aromatic heterocycles. The second-order valence-corrected chi connectivity index (χ2v) is 7.35. The quantitative estimate of drug-likeness (QED) is 0.866. The van der Waals surface area contributed by atoms with Gasteiger partial charge in [0.05, 0.1) is 21.1 Å². The van der Waals surface area contributed by atoms with Crippen LogP contribution < -0.4 is 10.5 Å². The van der Waals surface area contributed by atoms with Gasteiger partial charge in [0, 0.05) is 18.0 Å². The van der Waals surface area contributed by atoms with E-state index in [2.05, 4.69) is 9.71 Å². The van der Waals surface area contributed by atoms with Gasteiger partial charge in [0.1, 0.15) is 5.82 Å². The van der Waals surface area contributed by atoms with Gasteiger partial charge in [0.25, 0.3) is 0 Å². The smallest absolute Gasteiger partial charge is 0.241 e. The molecule has 2 aromatic rings. The lowest BCUT2D eigenvalue weighted by Gasteiger charge is -2.09. The SMILES string of the molecule is Cc1ncsc1CNS(=O)(=O)c1cc(F)c(Cl)c(CN)c1. The van der Waals surface area contributed by atoms with Gasteiger partial charge in [-0.05, 0) is 24.6 Å². The Bertz CT molecular complexity index is 762. The summed E-state index contributed by atoms with van der Waals surface area (Å²) in [6.45, 7) is 1.84. The van der Waals surface area contributed by atoms with Gasteiger partial charge in [0.2, 0.25) is 10.0 Å². The van der Waals surface area contributed by atoms with E-state index in [1.165, 1.54) is 17.4 Å². The largest absolute Gasteiger partial charge is 0.326 e. The first-order chi connectivity index (χ1) is 9.85. The van der Waals surface area contributed by atoms with E-state index in [1.54, 1.807) is 12.4 Å². The third-order valence-corrected chi connectivity index (χ3v) is 5.61. The fourth-order valence-electron chi connectivity index (χ4n) is 1.66. The molecule has 0 aliphatic rings. The maximum absolute atomic E-state index is 13.6. The van der Waals surface area contributed by atoms with E-state index in [9.17, 15) is 12.8 Å². The topological polar surface area (TPSA) is 85.1 Å². The average molecular weight is 350 g/mol. The third-order valence-electron chi connectivity index (χ3n) is 2.87. The van der Waals surface area contributed by atoms with Crippen LogP contribution >= 0.6 is 22.9 Å². The van der Waals surface area contributed by atoms with Crippen LogP contribution in [0.2, 0.25) is 5.02 Å². The Morgan fingerprint density at radius 1 is 1.48 bits per heavy atom. The Hall–Kier alpha value is -1.06. The third kappa shape index (κ3) is 3.58. The lowest BCUT2D eigenvalue weighted by molar-refractivity contribution is 0.577. The number of nitrogens with one attached hydrogen (secondary N) is 1. The first-order valence-corrected chi connectivity index (χ1v) is 8.66. The molecule has 0 aliphatic carbocycles. The molecule has 9 heteroatoms. The van der Waals surface area contributed by atoms with Crippen molar-refractivity contribution in [3.8, 4) is 0 Å². The van der Waals surface area contributed by atoms with Crippen molar-refractivity contribution in [2.45, 2.75) is 24.9 Å². The summed E-state index contributed by atoms with van der Waals surface area (Å²) in [5.41, 5.74) is 8.06. The molecule has 0 atom stereocenters. The van der Waals surface area contributed by atoms with Crippen LogP contribution in [0.4, 0.5) is 4.39 Å². The first kappa shape index (κ1) is 16.3. The van der Waals surface area contributed by atoms with E-state index in [0.717, 1.165) is 16.6 Å². The van der Waals surface area contributed by atoms with Gasteiger partial charge in [-0.3, -0.25) is 0 Å². The van der Waals surface area contributed by atoms with Crippen LogP contribution in [-0.2, 0) is 23.1 Å². The molecule has 21 heavy (non-hydrogen) atoms. The predicted molar refractivity (Wildman–Crippen MR) is 80.2 cm³/mol. The summed E-state index contributed by atoms with van der Waals surface area (Å²) < 4.78 is 40.4. The molecule has 0 unspecified atom stereocenters. The highest BCUT2D eigenvalue weighted by Crippen LogP contribution is 2.24. The number of aromatic nitrogens is 1. The summed E-state index contributed by atoms with van der Waals surface area (Å²) in [7, 11) is -3.85. The van der Waals surface area contributed by atoms with Crippen molar-refractivity contribution in [3.63, 3.8) is 0 Å². The lowest BCUT2D eigenvalue weighted by atomic mass is 10.2. The highest BCUT2D eigenvalue weighted by molar-refractivity contribution is 7.89. The Morgan fingerprint density at radius 3 is 2.76 bits per heavy atom. The van der Waals surface area contributed by atoms with E-state index in [1.807, 2.05) is 0 Å². The molecular weight excluding hydrogens is 337 g/mol. The van der Waals surface area contributed by atoms with Gasteiger partial charge in [-0.2, -0.15) is 0 Å². The molecule has 2 rings (SSSR count). The van der Waals surface area contributed by atoms with Crippen molar-refractivity contribution < 1.29 is 12.8 Å². The van der Waals surface area contributed by atoms with Crippen molar-refractivity contribution >= 4 is 33.0 Å². The van der Waals surface area contributed by atoms with Gasteiger partial charge in [-0.1, -0.05) is 11.6 Å². The lowest BCUT2D eigenvalue weighted by Crippen LogP contribution is -2.23. The zero-order chi connectivity index (χ0) is 15.6. The minimum atomic E-state index is -3.85. The van der Waals surface area contributed by atoms with Crippen LogP contribution in [0.3, 0.4) is 0 Å². The molecule has 3 N–H and O–H groups in total. The van der Waals surface area contributed by atoms with Crippen LogP contribution in [0.25, 0.3) is 0 Å². The van der Waals surface area contributed by atoms with Crippen molar-refractivity contribution in [1.82, 2.24) is 9.71 Å². The normalized spacial score (nSPS) is 11.8. The molecule has 114 valence electrons. The highest BCUT2D eigenvalue weighted by Gasteiger charge is 2.19. The number of hydrogen-bond donors (Lipinski definition) is 2. The van der Waals surface area contributed by atoms with Crippen LogP contribution in [0, 0.1) is 12.7 Å². The number of hydrogen-bond acceptors (Lipinski definition) is 5. The summed E-state index contributed by atoms with van der Waals surface area (Å²) in [6.07, 6.45) is 0. The van der Waals surface area contributed by atoms with Crippen molar-refractivity contribution in [3.05, 3.63) is 44.6 Å². The molecule has 1 heterocycles. The number of benzene rings is 1. The molecule has 1 aromatic carbocycles. The molecule has 0 aliphatic heterocycles. The minimum absolute atomic E-state index is 0.0485. The number of sulfonamides is 1. The molecule has 0 amide bonds. The zero-order valence-electron chi connectivity index (χ0n) is 11.1. The number of aryl methyl sites for hydroxylation is 1. The molecule has 0 fully saturated rings. The zero-order valence-corrected chi connectivity index (χ0v) is 13.4. The maximum Gasteiger partial charge on any atom is 0.241 e. The van der Waals surface area contributed by atoms with Gasteiger partial charge in [0.15, 0.2) is 0 Å². The maximum atomic E-state index is 13.6. The monoisotopic (exact) mass is 349 g/mol. The van der Waals surface area contributed by atoms with Gasteiger partial charge in [-0.25, -0.2) is 22.5 Å². The van der Waals surface area contributed by atoms with Crippen molar-refractivity contribution in [2.75, 3.05) is 0 Å². The number of nitrogens with two attached hydrogens (primary N) is 1. The molecular formula is C12H13ClFN3O2S2. The summed E-state index contributed by atoms with van der Waals surface area (Å²) in [4.78, 5) is 4.63. The van der Waals surface area contributed by atoms with E-state index < -0.39 is 15.8 Å². The summed E-state index contributed by atoms with van der Waals surface area (Å²) in [6, 6.07) is 2.15. The second kappa shape index (κ2) is 6.37. The van der Waals surface area contributed by atoms with E-state index in [4.69, 9.17) is 17.3 Å². The van der Waals surface area contributed by atoms with Crippen LogP contribution in [0.15, 0.2) is 22.5 Å². The Balaban J connectivity index is 2.27. The Morgan fingerprint density at radius 2 is 2.19 bits per heavy atom. The molecule has 5 nitrogen and oxygen atoms in total. The van der Waals surface area contributed by atoms with Crippen LogP contribution in [0.1, 0.15) is 16.1 Å². The van der Waals surface area contributed by atoms with Crippen molar-refractivity contribution in [1.29, 1.82) is 0 Å². The highest BCUT2D eigenvalue weighted by atomic mass is 35.5. The Kier molecular flexibility index (Phi) is 4.95. The van der Waals surface area contributed by atoms with Crippen molar-refractivity contribution in [2.24, 2.45) is 5.73 Å². The first-order valence-electron chi connectivity index (χ1n) is 5.91. The van der Waals surface area contributed by atoms with E-state index in [0.29, 0.717) is 0 Å². The average Bonchev–Trinajstić information content (AvgIpc) is 2.85. The van der Waals surface area contributed by atoms with Gasteiger partial charge < -0.3 is 5.73 Å². The van der Waals surface area contributed by atoms with Crippen LogP contribution in [-0.4, -0.2) is 13.4 Å². The summed E-state index contributed by atoms with van der Waals surface area (Å²) >= 11 is 7.06. The number of rotatable bonds is 5. The van der Waals surface area contributed by atoms with E-state index >= 15 is 0 Å². The minimum Gasteiger partial charge on any atom is -0.326 e. The number of nitrogens with zero attached hydrogens (tertiary/aromatic N) is 1. The summed E-state index contributed by atoms with van der Waals surface area (Å²) in [5.74, 6) is -0.811. The van der Waals surface area contributed by atoms with Crippen LogP contribution in [0.5, 0.6) is 0 Å². The Labute approximate surface area is 131 Å². The molecule has 0 bridgehead atoms. The fraction of sp³-hybridized carbons (Fsp3) is 0.250. The standard InChI is InChI=1S/C12H13ClFN3O2S2/c1-7-11(20-6-16-7)5-17-21(18,19)9-2-8(4-15)12(13)10(14)3-9/h2-3,6,17H,4-5,15H2,1H3. The molecule has 0 saturated carbocycles. The summed E-state index contributed by atoms with van der Waals surface area (Å²) in [5, 5.41) is -0.158. The number of thiazole rings is 1. The second-order valence-electron chi connectivity index (χ2n) is 4.27. The molecule has 0 radical (unpaired) electrons. The van der Waals surface area contributed by atoms with E-state index in [-0.39, 0.29) is 28.6 Å². The predicted octanol–water partition coefficient (Wildman–Crippen LogP) is 2.18. The number of halogens is 2. The molecule has 0 saturated heterocycles.